The van der Waals surface area contributed by atoms with E-state index in [-0.39, 0.29) is 0 Å². The van der Waals surface area contributed by atoms with Gasteiger partial charge in [-0.2, -0.15) is 10.2 Å². The van der Waals surface area contributed by atoms with E-state index < -0.39 is 0 Å². The van der Waals surface area contributed by atoms with Crippen molar-refractivity contribution in [1.29, 1.82) is 0 Å². The zero-order valence-electron chi connectivity index (χ0n) is 7.59. The molecule has 2 heterocycles. The van der Waals surface area contributed by atoms with Crippen LogP contribution in [0.2, 0.25) is 0 Å². The highest BCUT2D eigenvalue weighted by molar-refractivity contribution is 5.65. The summed E-state index contributed by atoms with van der Waals surface area (Å²) in [5.41, 5.74) is 8.68. The zero-order valence-corrected chi connectivity index (χ0v) is 7.59. The van der Waals surface area contributed by atoms with Crippen molar-refractivity contribution in [3.8, 4) is 11.1 Å². The van der Waals surface area contributed by atoms with Crippen LogP contribution in [0.4, 0.5) is 0 Å². The lowest BCUT2D eigenvalue weighted by Crippen LogP contribution is -2.00. The third-order valence-electron chi connectivity index (χ3n) is 2.02. The molecule has 4 heteroatoms. The molecule has 0 amide bonds. The average Bonchev–Trinajstić information content (AvgIpc) is 2.30. The van der Waals surface area contributed by atoms with Gasteiger partial charge in [-0.15, -0.1) is 0 Å². The molecule has 0 aliphatic carbocycles. The van der Waals surface area contributed by atoms with Crippen molar-refractivity contribution in [1.82, 2.24) is 15.2 Å². The van der Waals surface area contributed by atoms with Crippen LogP contribution < -0.4 is 5.73 Å². The van der Waals surface area contributed by atoms with Gasteiger partial charge in [-0.1, -0.05) is 0 Å². The Morgan fingerprint density at radius 2 is 1.79 bits per heavy atom. The standard InChI is InChI=1S/C10H10N4/c11-5-9-6-13-14-7-10(9)8-1-3-12-4-2-8/h1-4,6-7H,5,11H2. The van der Waals surface area contributed by atoms with Crippen LogP contribution in [0.3, 0.4) is 0 Å². The summed E-state index contributed by atoms with van der Waals surface area (Å²) in [4.78, 5) is 3.96. The minimum atomic E-state index is 0.465. The Hall–Kier alpha value is -1.81. The fourth-order valence-corrected chi connectivity index (χ4v) is 1.30. The molecule has 2 aromatic heterocycles. The maximum atomic E-state index is 5.60. The number of nitrogens with zero attached hydrogens (tertiary/aromatic N) is 3. The summed E-state index contributed by atoms with van der Waals surface area (Å²) in [5.74, 6) is 0. The summed E-state index contributed by atoms with van der Waals surface area (Å²) in [6.07, 6.45) is 6.90. The van der Waals surface area contributed by atoms with E-state index in [0.29, 0.717) is 6.54 Å². The molecule has 70 valence electrons. The van der Waals surface area contributed by atoms with E-state index in [1.165, 1.54) is 0 Å². The van der Waals surface area contributed by atoms with Gasteiger partial charge >= 0.3 is 0 Å². The smallest absolute Gasteiger partial charge is 0.0577 e. The van der Waals surface area contributed by atoms with Gasteiger partial charge in [-0.25, -0.2) is 0 Å². The van der Waals surface area contributed by atoms with Crippen molar-refractivity contribution in [2.45, 2.75) is 6.54 Å². The molecule has 0 radical (unpaired) electrons. The highest BCUT2D eigenvalue weighted by Gasteiger charge is 2.03. The molecule has 2 N–H and O–H groups in total. The van der Waals surface area contributed by atoms with Crippen molar-refractivity contribution < 1.29 is 0 Å². The van der Waals surface area contributed by atoms with Crippen molar-refractivity contribution in [3.63, 3.8) is 0 Å². The van der Waals surface area contributed by atoms with Crippen LogP contribution in [0.1, 0.15) is 5.56 Å². The van der Waals surface area contributed by atoms with Crippen LogP contribution in [0, 0.1) is 0 Å². The topological polar surface area (TPSA) is 64.7 Å². The fourth-order valence-electron chi connectivity index (χ4n) is 1.30. The van der Waals surface area contributed by atoms with Gasteiger partial charge in [0.2, 0.25) is 0 Å². The second-order valence-corrected chi connectivity index (χ2v) is 2.87. The predicted octanol–water partition coefficient (Wildman–Crippen LogP) is 0.997. The lowest BCUT2D eigenvalue weighted by atomic mass is 10.1. The molecule has 0 fully saturated rings. The number of pyridine rings is 1. The SMILES string of the molecule is NCc1cnncc1-c1ccncc1. The maximum Gasteiger partial charge on any atom is 0.0577 e. The molecule has 0 saturated heterocycles. The Labute approximate surface area is 81.8 Å². The molecular weight excluding hydrogens is 176 g/mol. The Morgan fingerprint density at radius 3 is 2.50 bits per heavy atom. The van der Waals surface area contributed by atoms with E-state index in [9.17, 15) is 0 Å². The first kappa shape index (κ1) is 8.77. The van der Waals surface area contributed by atoms with E-state index >= 15 is 0 Å². The van der Waals surface area contributed by atoms with Crippen molar-refractivity contribution in [2.24, 2.45) is 5.73 Å². The van der Waals surface area contributed by atoms with E-state index in [1.807, 2.05) is 12.1 Å². The first-order chi connectivity index (χ1) is 6.92. The summed E-state index contributed by atoms with van der Waals surface area (Å²) >= 11 is 0. The Morgan fingerprint density at radius 1 is 1.07 bits per heavy atom. The van der Waals surface area contributed by atoms with Gasteiger partial charge in [0.05, 0.1) is 12.4 Å². The van der Waals surface area contributed by atoms with Gasteiger partial charge in [0.1, 0.15) is 0 Å². The van der Waals surface area contributed by atoms with E-state index in [0.717, 1.165) is 16.7 Å². The lowest BCUT2D eigenvalue weighted by molar-refractivity contribution is 0.969. The normalized spacial score (nSPS) is 10.1. The molecule has 2 aromatic rings. The Balaban J connectivity index is 2.51. The van der Waals surface area contributed by atoms with E-state index in [1.54, 1.807) is 24.8 Å². The van der Waals surface area contributed by atoms with Gasteiger partial charge < -0.3 is 5.73 Å². The fraction of sp³-hybridized carbons (Fsp3) is 0.100. The number of nitrogens with two attached hydrogens (primary N) is 1. The van der Waals surface area contributed by atoms with Crippen LogP contribution in [-0.4, -0.2) is 15.2 Å². The summed E-state index contributed by atoms with van der Waals surface area (Å²) < 4.78 is 0. The summed E-state index contributed by atoms with van der Waals surface area (Å²) in [5, 5.41) is 7.64. The molecule has 0 atom stereocenters. The lowest BCUT2D eigenvalue weighted by Gasteiger charge is -2.04. The van der Waals surface area contributed by atoms with Gasteiger partial charge in [-0.05, 0) is 23.3 Å². The summed E-state index contributed by atoms with van der Waals surface area (Å²) in [6.45, 7) is 0.465. The van der Waals surface area contributed by atoms with Crippen LogP contribution in [-0.2, 0) is 6.54 Å². The minimum Gasteiger partial charge on any atom is -0.326 e. The van der Waals surface area contributed by atoms with Gasteiger partial charge in [0.25, 0.3) is 0 Å². The van der Waals surface area contributed by atoms with Crippen LogP contribution >= 0.6 is 0 Å². The second kappa shape index (κ2) is 3.93. The minimum absolute atomic E-state index is 0.465. The third kappa shape index (κ3) is 1.60. The molecule has 4 nitrogen and oxygen atoms in total. The number of aromatic nitrogens is 3. The number of hydrogen-bond acceptors (Lipinski definition) is 4. The number of hydrogen-bond donors (Lipinski definition) is 1. The first-order valence-corrected chi connectivity index (χ1v) is 4.32. The molecule has 2 rings (SSSR count). The molecule has 0 aliphatic heterocycles. The molecule has 0 bridgehead atoms. The highest BCUT2D eigenvalue weighted by Crippen LogP contribution is 2.20. The molecule has 0 spiro atoms. The zero-order chi connectivity index (χ0) is 9.80. The average molecular weight is 186 g/mol. The van der Waals surface area contributed by atoms with Crippen LogP contribution in [0.15, 0.2) is 36.9 Å². The molecule has 0 aromatic carbocycles. The largest absolute Gasteiger partial charge is 0.326 e. The third-order valence-corrected chi connectivity index (χ3v) is 2.02. The van der Waals surface area contributed by atoms with Gasteiger partial charge in [0, 0.05) is 24.5 Å². The second-order valence-electron chi connectivity index (χ2n) is 2.87. The summed E-state index contributed by atoms with van der Waals surface area (Å²) in [7, 11) is 0. The van der Waals surface area contributed by atoms with Crippen molar-refractivity contribution >= 4 is 0 Å². The Bertz CT molecular complexity index is 413. The molecule has 14 heavy (non-hydrogen) atoms. The van der Waals surface area contributed by atoms with Crippen LogP contribution in [0.25, 0.3) is 11.1 Å². The molecule has 0 saturated carbocycles. The first-order valence-electron chi connectivity index (χ1n) is 4.32. The van der Waals surface area contributed by atoms with E-state index in [2.05, 4.69) is 15.2 Å². The van der Waals surface area contributed by atoms with E-state index in [4.69, 9.17) is 5.73 Å². The quantitative estimate of drug-likeness (QED) is 0.759. The van der Waals surface area contributed by atoms with Crippen molar-refractivity contribution in [2.75, 3.05) is 0 Å². The molecule has 0 unspecified atom stereocenters. The molecular formula is C10H10N4. The number of rotatable bonds is 2. The molecule has 0 aliphatic rings. The van der Waals surface area contributed by atoms with Gasteiger partial charge in [0.15, 0.2) is 0 Å². The monoisotopic (exact) mass is 186 g/mol. The Kier molecular flexibility index (Phi) is 2.46. The predicted molar refractivity (Wildman–Crippen MR) is 53.2 cm³/mol. The van der Waals surface area contributed by atoms with Crippen LogP contribution in [0.5, 0.6) is 0 Å². The summed E-state index contributed by atoms with van der Waals surface area (Å²) in [6, 6.07) is 3.85. The van der Waals surface area contributed by atoms with Crippen molar-refractivity contribution in [3.05, 3.63) is 42.5 Å². The van der Waals surface area contributed by atoms with Gasteiger partial charge in [-0.3, -0.25) is 4.98 Å². The highest BCUT2D eigenvalue weighted by atomic mass is 15.1. The maximum absolute atomic E-state index is 5.60.